The van der Waals surface area contributed by atoms with Gasteiger partial charge in [-0.25, -0.2) is 21.5 Å². The van der Waals surface area contributed by atoms with Crippen molar-refractivity contribution < 1.29 is 22.3 Å². The molecule has 0 spiro atoms. The van der Waals surface area contributed by atoms with Crippen molar-refractivity contribution in [3.8, 4) is 0 Å². The Kier molecular flexibility index (Phi) is 4.90. The van der Waals surface area contributed by atoms with Crippen LogP contribution in [0.4, 0.5) is 8.78 Å². The number of aliphatic hydroxyl groups is 1. The van der Waals surface area contributed by atoms with E-state index < -0.39 is 33.0 Å². The summed E-state index contributed by atoms with van der Waals surface area (Å²) >= 11 is 0. The molecule has 2 atom stereocenters. The van der Waals surface area contributed by atoms with Crippen LogP contribution >= 0.6 is 0 Å². The smallest absolute Gasteiger partial charge is 0.218 e. The molecule has 0 amide bonds. The van der Waals surface area contributed by atoms with Crippen LogP contribution in [0.1, 0.15) is 17.0 Å². The summed E-state index contributed by atoms with van der Waals surface area (Å²) in [6.07, 6.45) is 3.42. The third-order valence-electron chi connectivity index (χ3n) is 4.58. The molecule has 1 aliphatic rings. The number of hydrogen-bond donors (Lipinski definition) is 1. The first kappa shape index (κ1) is 18.0. The molecule has 1 saturated heterocycles. The standard InChI is InChI=1S/C16H19F2N3O3S/c1-20-6-11(5-19-20)13-8-21(7-12(13)9-22)25(23,24)10-14-15(17)3-2-4-16(14)18/h2-6,12-13,22H,7-10H2,1H3/t12-,13-/m0/s1. The Bertz CT molecular complexity index is 849. The van der Waals surface area contributed by atoms with E-state index in [2.05, 4.69) is 5.10 Å². The Morgan fingerprint density at radius 2 is 1.96 bits per heavy atom. The van der Waals surface area contributed by atoms with E-state index in [0.717, 1.165) is 17.7 Å². The van der Waals surface area contributed by atoms with Gasteiger partial charge in [0.1, 0.15) is 11.6 Å². The monoisotopic (exact) mass is 371 g/mol. The van der Waals surface area contributed by atoms with Crippen molar-refractivity contribution in [1.82, 2.24) is 14.1 Å². The van der Waals surface area contributed by atoms with Gasteiger partial charge in [-0.1, -0.05) is 6.07 Å². The highest BCUT2D eigenvalue weighted by molar-refractivity contribution is 7.88. The van der Waals surface area contributed by atoms with Crippen LogP contribution < -0.4 is 0 Å². The molecule has 2 heterocycles. The molecule has 1 aliphatic heterocycles. The van der Waals surface area contributed by atoms with E-state index in [1.165, 1.54) is 10.4 Å². The number of aliphatic hydroxyl groups excluding tert-OH is 1. The van der Waals surface area contributed by atoms with E-state index in [1.54, 1.807) is 24.1 Å². The maximum absolute atomic E-state index is 13.8. The molecule has 6 nitrogen and oxygen atoms in total. The number of hydrogen-bond acceptors (Lipinski definition) is 4. The van der Waals surface area contributed by atoms with Gasteiger partial charge >= 0.3 is 0 Å². The van der Waals surface area contributed by atoms with Crippen molar-refractivity contribution in [2.24, 2.45) is 13.0 Å². The lowest BCUT2D eigenvalue weighted by Gasteiger charge is -2.17. The molecule has 9 heteroatoms. The van der Waals surface area contributed by atoms with Crippen LogP contribution in [0, 0.1) is 17.6 Å². The highest BCUT2D eigenvalue weighted by Crippen LogP contribution is 2.34. The van der Waals surface area contributed by atoms with Crippen LogP contribution in [0.25, 0.3) is 0 Å². The zero-order chi connectivity index (χ0) is 18.2. The fourth-order valence-electron chi connectivity index (χ4n) is 3.20. The van der Waals surface area contributed by atoms with Crippen molar-refractivity contribution >= 4 is 10.0 Å². The van der Waals surface area contributed by atoms with Gasteiger partial charge in [0, 0.05) is 50.3 Å². The van der Waals surface area contributed by atoms with E-state index in [9.17, 15) is 22.3 Å². The zero-order valence-electron chi connectivity index (χ0n) is 13.6. The van der Waals surface area contributed by atoms with Crippen molar-refractivity contribution in [3.05, 3.63) is 53.4 Å². The summed E-state index contributed by atoms with van der Waals surface area (Å²) in [7, 11) is -2.17. The molecule has 1 N–H and O–H groups in total. The summed E-state index contributed by atoms with van der Waals surface area (Å²) in [6.45, 7) is 0.0728. The quantitative estimate of drug-likeness (QED) is 0.858. The molecule has 2 aromatic rings. The normalized spacial score (nSPS) is 21.8. The summed E-state index contributed by atoms with van der Waals surface area (Å²) in [5.74, 6) is -3.01. The molecule has 25 heavy (non-hydrogen) atoms. The molecule has 0 bridgehead atoms. The van der Waals surface area contributed by atoms with Crippen LogP contribution in [0.15, 0.2) is 30.6 Å². The summed E-state index contributed by atoms with van der Waals surface area (Å²) in [5.41, 5.74) is 0.365. The fraction of sp³-hybridized carbons (Fsp3) is 0.438. The van der Waals surface area contributed by atoms with Gasteiger partial charge in [0.25, 0.3) is 0 Å². The summed E-state index contributed by atoms with van der Waals surface area (Å²) in [5, 5.41) is 13.7. The molecule has 0 unspecified atom stereocenters. The zero-order valence-corrected chi connectivity index (χ0v) is 14.5. The summed E-state index contributed by atoms with van der Waals surface area (Å²) in [6, 6.07) is 3.26. The fourth-order valence-corrected chi connectivity index (χ4v) is 4.83. The van der Waals surface area contributed by atoms with Gasteiger partial charge < -0.3 is 5.11 Å². The average molecular weight is 371 g/mol. The van der Waals surface area contributed by atoms with Crippen LogP contribution in [0.3, 0.4) is 0 Å². The second-order valence-electron chi connectivity index (χ2n) is 6.27. The maximum atomic E-state index is 13.8. The molecule has 1 aromatic heterocycles. The molecule has 136 valence electrons. The molecule has 0 radical (unpaired) electrons. The van der Waals surface area contributed by atoms with Gasteiger partial charge in [-0.05, 0) is 17.7 Å². The Morgan fingerprint density at radius 1 is 1.28 bits per heavy atom. The Morgan fingerprint density at radius 3 is 2.52 bits per heavy atom. The molecular weight excluding hydrogens is 352 g/mol. The number of sulfonamides is 1. The number of aromatic nitrogens is 2. The first-order chi connectivity index (χ1) is 11.8. The number of nitrogens with zero attached hydrogens (tertiary/aromatic N) is 3. The molecule has 1 fully saturated rings. The second kappa shape index (κ2) is 6.81. The van der Waals surface area contributed by atoms with Gasteiger partial charge in [0.2, 0.25) is 10.0 Å². The number of halogens is 2. The first-order valence-electron chi connectivity index (χ1n) is 7.82. The Balaban J connectivity index is 1.83. The van der Waals surface area contributed by atoms with E-state index in [-0.39, 0.29) is 31.5 Å². The minimum absolute atomic E-state index is 0.106. The average Bonchev–Trinajstić information content (AvgIpc) is 3.17. The molecule has 3 rings (SSSR count). The van der Waals surface area contributed by atoms with Gasteiger partial charge in [-0.15, -0.1) is 0 Å². The van der Waals surface area contributed by atoms with Crippen LogP contribution in [-0.4, -0.2) is 47.3 Å². The lowest BCUT2D eigenvalue weighted by Crippen LogP contribution is -2.31. The maximum Gasteiger partial charge on any atom is 0.218 e. The van der Waals surface area contributed by atoms with Crippen molar-refractivity contribution in [3.63, 3.8) is 0 Å². The van der Waals surface area contributed by atoms with E-state index >= 15 is 0 Å². The predicted molar refractivity (Wildman–Crippen MR) is 87.1 cm³/mol. The second-order valence-corrected chi connectivity index (χ2v) is 8.24. The van der Waals surface area contributed by atoms with Gasteiger partial charge in [-0.2, -0.15) is 5.10 Å². The van der Waals surface area contributed by atoms with Crippen molar-refractivity contribution in [2.45, 2.75) is 11.7 Å². The topological polar surface area (TPSA) is 75.4 Å². The number of benzene rings is 1. The minimum atomic E-state index is -3.92. The number of rotatable bonds is 5. The SMILES string of the molecule is Cn1cc([C@@H]2CN(S(=O)(=O)Cc3c(F)cccc3F)C[C@H]2CO)cn1. The molecule has 1 aromatic carbocycles. The van der Waals surface area contributed by atoms with Gasteiger partial charge in [-0.3, -0.25) is 4.68 Å². The lowest BCUT2D eigenvalue weighted by molar-refractivity contribution is 0.223. The van der Waals surface area contributed by atoms with Crippen LogP contribution in [0.2, 0.25) is 0 Å². The van der Waals surface area contributed by atoms with E-state index in [0.29, 0.717) is 0 Å². The highest BCUT2D eigenvalue weighted by Gasteiger charge is 2.40. The highest BCUT2D eigenvalue weighted by atomic mass is 32.2. The first-order valence-corrected chi connectivity index (χ1v) is 9.43. The Hall–Kier alpha value is -1.84. The van der Waals surface area contributed by atoms with Crippen LogP contribution in [-0.2, 0) is 22.8 Å². The van der Waals surface area contributed by atoms with Gasteiger partial charge in [0.15, 0.2) is 0 Å². The molecular formula is C16H19F2N3O3S. The third-order valence-corrected chi connectivity index (χ3v) is 6.32. The van der Waals surface area contributed by atoms with E-state index in [1.807, 2.05) is 0 Å². The largest absolute Gasteiger partial charge is 0.396 e. The third kappa shape index (κ3) is 3.58. The van der Waals surface area contributed by atoms with Crippen molar-refractivity contribution in [1.29, 1.82) is 0 Å². The lowest BCUT2D eigenvalue weighted by atomic mass is 9.92. The van der Waals surface area contributed by atoms with E-state index in [4.69, 9.17) is 0 Å². The van der Waals surface area contributed by atoms with Crippen molar-refractivity contribution in [2.75, 3.05) is 19.7 Å². The summed E-state index contributed by atoms with van der Waals surface area (Å²) in [4.78, 5) is 0. The van der Waals surface area contributed by atoms with Gasteiger partial charge in [0.05, 0.1) is 11.9 Å². The molecule has 0 aliphatic carbocycles. The van der Waals surface area contributed by atoms with Crippen LogP contribution in [0.5, 0.6) is 0 Å². The molecule has 0 saturated carbocycles. The summed E-state index contributed by atoms with van der Waals surface area (Å²) < 4.78 is 55.6. The Labute approximate surface area is 144 Å². The number of aryl methyl sites for hydroxylation is 1. The predicted octanol–water partition coefficient (Wildman–Crippen LogP) is 1.24. The minimum Gasteiger partial charge on any atom is -0.396 e.